The van der Waals surface area contributed by atoms with Crippen molar-refractivity contribution in [3.8, 4) is 0 Å². The van der Waals surface area contributed by atoms with Crippen LogP contribution in [0.5, 0.6) is 0 Å². The largest absolute Gasteiger partial charge is 0.480 e. The highest BCUT2D eigenvalue weighted by Gasteiger charge is 2.45. The number of amides is 1. The molecule has 3 atom stereocenters. The van der Waals surface area contributed by atoms with Crippen LogP contribution in [-0.2, 0) is 25.7 Å². The topological polar surface area (TPSA) is 176 Å². The third kappa shape index (κ3) is 6.80. The van der Waals surface area contributed by atoms with Gasteiger partial charge in [0.05, 0.1) is 12.5 Å². The molecular weight excluding hydrogens is 393 g/mol. The summed E-state index contributed by atoms with van der Waals surface area (Å²) in [7, 11) is -1.53. The van der Waals surface area contributed by atoms with E-state index in [9.17, 15) is 19.5 Å². The summed E-state index contributed by atoms with van der Waals surface area (Å²) in [6, 6.07) is 7.84. The Kier molecular flexibility index (Phi) is 8.36. The standard InChI is InChI=1S/C19H28BN3O7/c21-15(8-16(24)30-11-13-4-2-1-3-5-13)17(25)23-10-14(6-7-20(28)29)9-19(22,12-23)18(26)27/h1-5,14-15,28-29H,6-12,21-22H2,(H,26,27)/t14-,15?,19+/m0/s1. The zero-order chi connectivity index (χ0) is 22.3. The third-order valence-corrected chi connectivity index (χ3v) is 5.12. The van der Waals surface area contributed by atoms with Gasteiger partial charge < -0.3 is 36.3 Å². The van der Waals surface area contributed by atoms with E-state index in [1.165, 1.54) is 4.90 Å². The van der Waals surface area contributed by atoms with Gasteiger partial charge in [-0.25, -0.2) is 0 Å². The number of ether oxygens (including phenoxy) is 1. The highest BCUT2D eigenvalue weighted by molar-refractivity contribution is 6.40. The molecule has 1 aliphatic rings. The van der Waals surface area contributed by atoms with Gasteiger partial charge in [0.2, 0.25) is 5.91 Å². The molecule has 2 rings (SSSR count). The molecule has 7 N–H and O–H groups in total. The highest BCUT2D eigenvalue weighted by Crippen LogP contribution is 2.28. The Morgan fingerprint density at radius 3 is 2.53 bits per heavy atom. The van der Waals surface area contributed by atoms with Gasteiger partial charge in [-0.05, 0) is 24.2 Å². The highest BCUT2D eigenvalue weighted by atomic mass is 16.5. The number of likely N-dealkylation sites (tertiary alicyclic amines) is 1. The van der Waals surface area contributed by atoms with Gasteiger partial charge in [0, 0.05) is 13.1 Å². The van der Waals surface area contributed by atoms with Gasteiger partial charge in [0.1, 0.15) is 12.1 Å². The Labute approximate surface area is 174 Å². The summed E-state index contributed by atoms with van der Waals surface area (Å²) in [4.78, 5) is 37.7. The van der Waals surface area contributed by atoms with Gasteiger partial charge in [-0.2, -0.15) is 0 Å². The maximum atomic E-state index is 12.7. The molecule has 0 saturated carbocycles. The number of benzene rings is 1. The second-order valence-electron chi connectivity index (χ2n) is 7.77. The van der Waals surface area contributed by atoms with Crippen molar-refractivity contribution in [2.75, 3.05) is 13.1 Å². The fourth-order valence-electron chi connectivity index (χ4n) is 3.56. The molecule has 1 heterocycles. The Morgan fingerprint density at radius 1 is 1.27 bits per heavy atom. The number of nitrogens with two attached hydrogens (primary N) is 2. The van der Waals surface area contributed by atoms with Gasteiger partial charge >= 0.3 is 19.1 Å². The van der Waals surface area contributed by atoms with E-state index in [1.54, 1.807) is 12.1 Å². The smallest absolute Gasteiger partial charge is 0.451 e. The summed E-state index contributed by atoms with van der Waals surface area (Å²) < 4.78 is 5.14. The van der Waals surface area contributed by atoms with E-state index in [1.807, 2.05) is 18.2 Å². The molecule has 0 radical (unpaired) electrons. The van der Waals surface area contributed by atoms with Crippen molar-refractivity contribution in [2.45, 2.75) is 43.8 Å². The number of rotatable bonds is 9. The molecule has 0 spiro atoms. The molecule has 0 aromatic heterocycles. The Hall–Kier alpha value is -2.47. The van der Waals surface area contributed by atoms with Crippen molar-refractivity contribution in [2.24, 2.45) is 17.4 Å². The average molecular weight is 421 g/mol. The summed E-state index contributed by atoms with van der Waals surface area (Å²) in [6.45, 7) is -0.0164. The van der Waals surface area contributed by atoms with Crippen LogP contribution in [0.2, 0.25) is 6.32 Å². The number of esters is 1. The quantitative estimate of drug-likeness (QED) is 0.246. The maximum absolute atomic E-state index is 12.7. The minimum absolute atomic E-state index is 0.0280. The lowest BCUT2D eigenvalue weighted by molar-refractivity contribution is -0.152. The van der Waals surface area contributed by atoms with Gasteiger partial charge in [-0.1, -0.05) is 36.8 Å². The maximum Gasteiger partial charge on any atom is 0.451 e. The fourth-order valence-corrected chi connectivity index (χ4v) is 3.56. The predicted octanol–water partition coefficient (Wildman–Crippen LogP) is -1.06. The fraction of sp³-hybridized carbons (Fsp3) is 0.526. The van der Waals surface area contributed by atoms with E-state index in [2.05, 4.69) is 0 Å². The van der Waals surface area contributed by atoms with Crippen LogP contribution in [0.3, 0.4) is 0 Å². The number of hydrogen-bond donors (Lipinski definition) is 5. The molecule has 0 bridgehead atoms. The molecule has 1 saturated heterocycles. The summed E-state index contributed by atoms with van der Waals surface area (Å²) in [6.07, 6.45) is 0.0440. The molecular formula is C19H28BN3O7. The Bertz CT molecular complexity index is 749. The summed E-state index contributed by atoms with van der Waals surface area (Å²) in [5, 5.41) is 27.6. The molecule has 1 aromatic rings. The van der Waals surface area contributed by atoms with Crippen molar-refractivity contribution in [1.82, 2.24) is 4.90 Å². The molecule has 10 nitrogen and oxygen atoms in total. The second-order valence-corrected chi connectivity index (χ2v) is 7.77. The van der Waals surface area contributed by atoms with E-state index in [-0.39, 0.29) is 51.2 Å². The third-order valence-electron chi connectivity index (χ3n) is 5.12. The SMILES string of the molecule is NC(CC(=O)OCc1ccccc1)C(=O)N1C[C@@H](CCB(O)O)C[C@](N)(C(=O)O)C1. The van der Waals surface area contributed by atoms with Gasteiger partial charge in [-0.3, -0.25) is 14.4 Å². The second kappa shape index (κ2) is 10.5. The van der Waals surface area contributed by atoms with Crippen LogP contribution in [0, 0.1) is 5.92 Å². The summed E-state index contributed by atoms with van der Waals surface area (Å²) >= 11 is 0. The van der Waals surface area contributed by atoms with Gasteiger partial charge in [-0.15, -0.1) is 0 Å². The first-order valence-corrected chi connectivity index (χ1v) is 9.73. The van der Waals surface area contributed by atoms with Crippen molar-refractivity contribution in [3.05, 3.63) is 35.9 Å². The minimum Gasteiger partial charge on any atom is -0.480 e. The van der Waals surface area contributed by atoms with Crippen LogP contribution in [0.4, 0.5) is 0 Å². The van der Waals surface area contributed by atoms with Crippen LogP contribution in [0.25, 0.3) is 0 Å². The minimum atomic E-state index is -1.67. The van der Waals surface area contributed by atoms with Crippen LogP contribution in [-0.4, -0.2) is 69.7 Å². The lowest BCUT2D eigenvalue weighted by atomic mass is 9.75. The number of piperidine rings is 1. The predicted molar refractivity (Wildman–Crippen MR) is 108 cm³/mol. The van der Waals surface area contributed by atoms with Crippen molar-refractivity contribution >= 4 is 25.0 Å². The molecule has 30 heavy (non-hydrogen) atoms. The van der Waals surface area contributed by atoms with E-state index in [4.69, 9.17) is 26.3 Å². The van der Waals surface area contributed by atoms with E-state index in [0.717, 1.165) is 5.56 Å². The van der Waals surface area contributed by atoms with E-state index in [0.29, 0.717) is 0 Å². The average Bonchev–Trinajstić information content (AvgIpc) is 2.70. The number of aliphatic carboxylic acids is 1. The van der Waals surface area contributed by atoms with Crippen molar-refractivity contribution in [3.63, 3.8) is 0 Å². The number of carbonyl (C=O) groups is 3. The molecule has 11 heteroatoms. The number of carboxylic acids is 1. The molecule has 1 aromatic carbocycles. The van der Waals surface area contributed by atoms with E-state index < -0.39 is 36.5 Å². The van der Waals surface area contributed by atoms with E-state index >= 15 is 0 Å². The number of carboxylic acid groups (broad SMARTS) is 1. The van der Waals surface area contributed by atoms with Crippen molar-refractivity contribution in [1.29, 1.82) is 0 Å². The lowest BCUT2D eigenvalue weighted by Crippen LogP contribution is -2.64. The summed E-state index contributed by atoms with van der Waals surface area (Å²) in [5.74, 6) is -2.85. The normalized spacial score (nSPS) is 22.3. The van der Waals surface area contributed by atoms with Crippen LogP contribution in [0.15, 0.2) is 30.3 Å². The first-order chi connectivity index (χ1) is 14.1. The van der Waals surface area contributed by atoms with Crippen LogP contribution < -0.4 is 11.5 Å². The number of nitrogens with zero attached hydrogens (tertiary/aromatic N) is 1. The zero-order valence-corrected chi connectivity index (χ0v) is 16.6. The first-order valence-electron chi connectivity index (χ1n) is 9.73. The summed E-state index contributed by atoms with van der Waals surface area (Å²) in [5.41, 5.74) is 11.0. The molecule has 164 valence electrons. The number of hydrogen-bond acceptors (Lipinski definition) is 8. The van der Waals surface area contributed by atoms with Crippen molar-refractivity contribution < 1.29 is 34.3 Å². The Balaban J connectivity index is 1.96. The molecule has 1 aliphatic heterocycles. The zero-order valence-electron chi connectivity index (χ0n) is 16.6. The lowest BCUT2D eigenvalue weighted by Gasteiger charge is -2.42. The van der Waals surface area contributed by atoms with Gasteiger partial charge in [0.15, 0.2) is 0 Å². The molecule has 1 fully saturated rings. The molecule has 1 amide bonds. The van der Waals surface area contributed by atoms with Gasteiger partial charge in [0.25, 0.3) is 0 Å². The molecule has 1 unspecified atom stereocenters. The van der Waals surface area contributed by atoms with Crippen LogP contribution >= 0.6 is 0 Å². The molecule has 0 aliphatic carbocycles. The number of carbonyl (C=O) groups excluding carboxylic acids is 2. The Morgan fingerprint density at radius 2 is 1.93 bits per heavy atom. The monoisotopic (exact) mass is 421 g/mol. The van der Waals surface area contributed by atoms with Crippen LogP contribution in [0.1, 0.15) is 24.8 Å². The first kappa shape index (κ1) is 23.8.